The van der Waals surface area contributed by atoms with E-state index in [0.29, 0.717) is 26.2 Å². The molecule has 1 aromatic carbocycles. The molecule has 2 rings (SSSR count). The second-order valence-electron chi connectivity index (χ2n) is 6.96. The van der Waals surface area contributed by atoms with Crippen LogP contribution < -0.4 is 10.6 Å². The molecule has 2 N–H and O–H groups in total. The Morgan fingerprint density at radius 3 is 2.34 bits per heavy atom. The highest BCUT2D eigenvalue weighted by Crippen LogP contribution is 2.20. The number of rotatable bonds is 8. The lowest BCUT2D eigenvalue weighted by atomic mass is 10.1. The summed E-state index contributed by atoms with van der Waals surface area (Å²) in [5, 5.41) is 5.38. The molecule has 29 heavy (non-hydrogen) atoms. The molecular weight excluding hydrogens is 396 g/mol. The van der Waals surface area contributed by atoms with Crippen LogP contribution in [0.2, 0.25) is 0 Å². The maximum atomic E-state index is 12.8. The van der Waals surface area contributed by atoms with Crippen LogP contribution in [-0.2, 0) is 19.6 Å². The number of nitrogens with one attached hydrogen (secondary N) is 2. The molecule has 0 bridgehead atoms. The molecule has 0 radical (unpaired) electrons. The van der Waals surface area contributed by atoms with Crippen molar-refractivity contribution in [3.8, 4) is 0 Å². The van der Waals surface area contributed by atoms with Crippen LogP contribution in [0.15, 0.2) is 23.1 Å². The van der Waals surface area contributed by atoms with Crippen molar-refractivity contribution >= 4 is 22.0 Å². The van der Waals surface area contributed by atoms with Crippen LogP contribution in [0.1, 0.15) is 17.5 Å². The molecule has 1 heterocycles. The van der Waals surface area contributed by atoms with E-state index in [2.05, 4.69) is 10.6 Å². The fourth-order valence-corrected chi connectivity index (χ4v) is 4.44. The van der Waals surface area contributed by atoms with E-state index in [0.717, 1.165) is 11.1 Å². The Balaban J connectivity index is 1.80. The summed E-state index contributed by atoms with van der Waals surface area (Å²) in [6.45, 7) is 5.99. The SMILES string of the molecule is COCCNC(=O)CCNC(=O)N1CCN(S(=O)(=O)c2ccc(C)c(C)c2)CC1. The fourth-order valence-electron chi connectivity index (χ4n) is 2.93. The van der Waals surface area contributed by atoms with Gasteiger partial charge in [-0.1, -0.05) is 6.07 Å². The molecule has 1 aliphatic heterocycles. The van der Waals surface area contributed by atoms with Crippen molar-refractivity contribution in [2.45, 2.75) is 25.2 Å². The van der Waals surface area contributed by atoms with Gasteiger partial charge >= 0.3 is 6.03 Å². The molecule has 0 saturated carbocycles. The predicted molar refractivity (Wildman–Crippen MR) is 109 cm³/mol. The maximum absolute atomic E-state index is 12.8. The molecule has 0 aliphatic carbocycles. The lowest BCUT2D eigenvalue weighted by Crippen LogP contribution is -2.53. The van der Waals surface area contributed by atoms with E-state index in [1.807, 2.05) is 13.8 Å². The molecule has 1 fully saturated rings. The van der Waals surface area contributed by atoms with Crippen molar-refractivity contribution in [2.24, 2.45) is 0 Å². The van der Waals surface area contributed by atoms with Crippen molar-refractivity contribution in [1.29, 1.82) is 0 Å². The number of urea groups is 1. The molecule has 3 amide bonds. The highest BCUT2D eigenvalue weighted by molar-refractivity contribution is 7.89. The zero-order chi connectivity index (χ0) is 21.4. The Morgan fingerprint density at radius 1 is 1.03 bits per heavy atom. The first-order valence-electron chi connectivity index (χ1n) is 9.61. The van der Waals surface area contributed by atoms with Gasteiger partial charge in [-0.05, 0) is 37.1 Å². The summed E-state index contributed by atoms with van der Waals surface area (Å²) in [5.41, 5.74) is 1.97. The van der Waals surface area contributed by atoms with Crippen LogP contribution in [0, 0.1) is 13.8 Å². The first-order valence-corrected chi connectivity index (χ1v) is 11.1. The molecule has 162 valence electrons. The van der Waals surface area contributed by atoms with Gasteiger partial charge in [0.1, 0.15) is 0 Å². The molecule has 0 atom stereocenters. The summed E-state index contributed by atoms with van der Waals surface area (Å²) < 4.78 is 31.9. The van der Waals surface area contributed by atoms with Crippen LogP contribution in [0.25, 0.3) is 0 Å². The molecule has 1 aliphatic rings. The zero-order valence-corrected chi connectivity index (χ0v) is 18.0. The molecular formula is C19H30N4O5S. The Kier molecular flexibility index (Phi) is 8.42. The molecule has 0 unspecified atom stereocenters. The minimum atomic E-state index is -3.58. The van der Waals surface area contributed by atoms with Gasteiger partial charge in [-0.25, -0.2) is 13.2 Å². The van der Waals surface area contributed by atoms with Crippen molar-refractivity contribution < 1.29 is 22.7 Å². The van der Waals surface area contributed by atoms with E-state index in [9.17, 15) is 18.0 Å². The Bertz CT molecular complexity index is 820. The van der Waals surface area contributed by atoms with Crippen LogP contribution in [0.3, 0.4) is 0 Å². The van der Waals surface area contributed by atoms with Gasteiger partial charge < -0.3 is 20.3 Å². The number of nitrogens with zero attached hydrogens (tertiary/aromatic N) is 2. The van der Waals surface area contributed by atoms with Crippen molar-refractivity contribution in [1.82, 2.24) is 19.8 Å². The van der Waals surface area contributed by atoms with Crippen molar-refractivity contribution in [2.75, 3.05) is 53.0 Å². The van der Waals surface area contributed by atoms with Crippen LogP contribution in [0.4, 0.5) is 4.79 Å². The van der Waals surface area contributed by atoms with E-state index < -0.39 is 10.0 Å². The van der Waals surface area contributed by atoms with Gasteiger partial charge in [0.05, 0.1) is 11.5 Å². The van der Waals surface area contributed by atoms with E-state index in [-0.39, 0.29) is 42.9 Å². The maximum Gasteiger partial charge on any atom is 0.317 e. The summed E-state index contributed by atoms with van der Waals surface area (Å²) >= 11 is 0. The Morgan fingerprint density at radius 2 is 1.72 bits per heavy atom. The number of piperazine rings is 1. The minimum Gasteiger partial charge on any atom is -0.383 e. The quantitative estimate of drug-likeness (QED) is 0.588. The van der Waals surface area contributed by atoms with Gasteiger partial charge in [-0.15, -0.1) is 0 Å². The average Bonchev–Trinajstić information content (AvgIpc) is 2.70. The standard InChI is InChI=1S/C19H30N4O5S/c1-15-4-5-17(14-16(15)2)29(26,27)23-11-9-22(10-12-23)19(25)21-7-6-18(24)20-8-13-28-3/h4-5,14H,6-13H2,1-3H3,(H,20,24)(H,21,25). The van der Waals surface area contributed by atoms with Gasteiger partial charge in [0.15, 0.2) is 0 Å². The van der Waals surface area contributed by atoms with Crippen LogP contribution in [-0.4, -0.2) is 82.5 Å². The first kappa shape index (κ1) is 23.1. The zero-order valence-electron chi connectivity index (χ0n) is 17.2. The van der Waals surface area contributed by atoms with Crippen molar-refractivity contribution in [3.05, 3.63) is 29.3 Å². The summed E-state index contributed by atoms with van der Waals surface area (Å²) in [6.07, 6.45) is 0.177. The van der Waals surface area contributed by atoms with Gasteiger partial charge in [0.25, 0.3) is 0 Å². The monoisotopic (exact) mass is 426 g/mol. The third-order valence-corrected chi connectivity index (χ3v) is 6.79. The van der Waals surface area contributed by atoms with Crippen molar-refractivity contribution in [3.63, 3.8) is 0 Å². The van der Waals surface area contributed by atoms with Crippen LogP contribution >= 0.6 is 0 Å². The summed E-state index contributed by atoms with van der Waals surface area (Å²) in [7, 11) is -2.02. The highest BCUT2D eigenvalue weighted by atomic mass is 32.2. The van der Waals surface area contributed by atoms with Gasteiger partial charge in [0, 0.05) is 52.8 Å². The highest BCUT2D eigenvalue weighted by Gasteiger charge is 2.30. The summed E-state index contributed by atoms with van der Waals surface area (Å²) in [6, 6.07) is 4.81. The summed E-state index contributed by atoms with van der Waals surface area (Å²) in [4.78, 5) is 25.7. The number of sulfonamides is 1. The summed E-state index contributed by atoms with van der Waals surface area (Å²) in [5.74, 6) is -0.161. The van der Waals surface area contributed by atoms with Gasteiger partial charge in [0.2, 0.25) is 15.9 Å². The normalized spacial score (nSPS) is 15.2. The van der Waals surface area contributed by atoms with E-state index in [1.54, 1.807) is 30.2 Å². The third-order valence-electron chi connectivity index (χ3n) is 4.90. The topological polar surface area (TPSA) is 108 Å². The predicted octanol–water partition coefficient (Wildman–Crippen LogP) is 0.472. The number of amides is 3. The van der Waals surface area contributed by atoms with Gasteiger partial charge in [-0.2, -0.15) is 4.31 Å². The number of methoxy groups -OCH3 is 1. The molecule has 0 spiro atoms. The number of ether oxygens (including phenoxy) is 1. The molecule has 9 nitrogen and oxygen atoms in total. The molecule has 0 aromatic heterocycles. The molecule has 10 heteroatoms. The Labute approximate surface area is 172 Å². The van der Waals surface area contributed by atoms with Crippen LogP contribution in [0.5, 0.6) is 0 Å². The van der Waals surface area contributed by atoms with Gasteiger partial charge in [-0.3, -0.25) is 4.79 Å². The number of carbonyl (C=O) groups excluding carboxylic acids is 2. The number of benzene rings is 1. The number of aryl methyl sites for hydroxylation is 2. The van der Waals surface area contributed by atoms with E-state index in [1.165, 1.54) is 4.31 Å². The Hall–Kier alpha value is -2.17. The second kappa shape index (κ2) is 10.6. The average molecular weight is 427 g/mol. The van der Waals surface area contributed by atoms with E-state index >= 15 is 0 Å². The number of hydrogen-bond acceptors (Lipinski definition) is 5. The minimum absolute atomic E-state index is 0.161. The second-order valence-corrected chi connectivity index (χ2v) is 8.90. The fraction of sp³-hybridized carbons (Fsp3) is 0.579. The van der Waals surface area contributed by atoms with E-state index in [4.69, 9.17) is 4.74 Å². The lowest BCUT2D eigenvalue weighted by Gasteiger charge is -2.34. The lowest BCUT2D eigenvalue weighted by molar-refractivity contribution is -0.121. The number of carbonyl (C=O) groups is 2. The molecule has 1 aromatic rings. The largest absolute Gasteiger partial charge is 0.383 e. The number of hydrogen-bond donors (Lipinski definition) is 2. The first-order chi connectivity index (χ1) is 13.8. The third kappa shape index (κ3) is 6.41. The smallest absolute Gasteiger partial charge is 0.317 e. The molecule has 1 saturated heterocycles.